The molecule has 4 rings (SSSR count). The first-order valence-corrected chi connectivity index (χ1v) is 11.3. The molecule has 2 aliphatic rings. The van der Waals surface area contributed by atoms with Crippen molar-refractivity contribution in [2.24, 2.45) is 11.8 Å². The first-order valence-electron chi connectivity index (χ1n) is 9.83. The first kappa shape index (κ1) is 19.8. The lowest BCUT2D eigenvalue weighted by Gasteiger charge is -2.19. The van der Waals surface area contributed by atoms with Gasteiger partial charge < -0.3 is 4.42 Å². The van der Waals surface area contributed by atoms with Crippen molar-refractivity contribution in [3.63, 3.8) is 0 Å². The fraction of sp³-hybridized carbons (Fsp3) is 0.429. The van der Waals surface area contributed by atoms with Gasteiger partial charge in [0.25, 0.3) is 0 Å². The maximum atomic E-state index is 12.8. The number of likely N-dealkylation sites (tertiary alicyclic amines) is 1. The van der Waals surface area contributed by atoms with Crippen LogP contribution in [-0.2, 0) is 32.7 Å². The van der Waals surface area contributed by atoms with Crippen LogP contribution in [0.2, 0.25) is 0 Å². The van der Waals surface area contributed by atoms with Crippen molar-refractivity contribution in [1.29, 1.82) is 0 Å². The molecule has 2 heterocycles. The van der Waals surface area contributed by atoms with Gasteiger partial charge in [-0.25, -0.2) is 13.1 Å². The molecule has 1 N–H and O–H groups in total. The van der Waals surface area contributed by atoms with E-state index in [1.54, 1.807) is 37.3 Å². The van der Waals surface area contributed by atoms with Crippen LogP contribution in [0.15, 0.2) is 45.9 Å². The van der Waals surface area contributed by atoms with Crippen molar-refractivity contribution in [3.8, 4) is 0 Å². The standard InChI is InChI=1S/C21H24N2O5S/c1-14-8-9-15(11-19(14)29(26,27)22-12-16-5-4-10-28-16)13-23-20(24)17-6-2-3-7-18(17)21(23)25/h4-5,8-11,17-18,22H,2-3,6-7,12-13H2,1H3/t17-,18+. The molecule has 0 radical (unpaired) electrons. The zero-order chi connectivity index (χ0) is 20.6. The molecule has 0 bridgehead atoms. The number of fused-ring (bicyclic) bond motifs is 1. The summed E-state index contributed by atoms with van der Waals surface area (Å²) in [4.78, 5) is 26.8. The highest BCUT2D eigenvalue weighted by Crippen LogP contribution is 2.38. The van der Waals surface area contributed by atoms with Crippen molar-refractivity contribution in [2.75, 3.05) is 0 Å². The highest BCUT2D eigenvalue weighted by atomic mass is 32.2. The van der Waals surface area contributed by atoms with Crippen LogP contribution >= 0.6 is 0 Å². The van der Waals surface area contributed by atoms with Gasteiger partial charge in [0, 0.05) is 0 Å². The summed E-state index contributed by atoms with van der Waals surface area (Å²) in [5, 5.41) is 0. The number of aryl methyl sites for hydroxylation is 1. The van der Waals surface area contributed by atoms with E-state index in [9.17, 15) is 18.0 Å². The van der Waals surface area contributed by atoms with E-state index in [1.165, 1.54) is 11.2 Å². The maximum absolute atomic E-state index is 12.8. The van der Waals surface area contributed by atoms with Gasteiger partial charge in [-0.1, -0.05) is 25.0 Å². The molecular formula is C21H24N2O5S. The summed E-state index contributed by atoms with van der Waals surface area (Å²) in [5.74, 6) is -0.153. The predicted molar refractivity (Wildman–Crippen MR) is 105 cm³/mol. The van der Waals surface area contributed by atoms with Crippen LogP contribution in [0.25, 0.3) is 0 Å². The first-order chi connectivity index (χ1) is 13.9. The summed E-state index contributed by atoms with van der Waals surface area (Å²) in [6, 6.07) is 8.40. The Hall–Kier alpha value is -2.45. The second-order valence-corrected chi connectivity index (χ2v) is 9.50. The lowest BCUT2D eigenvalue weighted by molar-refractivity contribution is -0.140. The minimum Gasteiger partial charge on any atom is -0.468 e. The molecule has 1 saturated heterocycles. The Morgan fingerprint density at radius 3 is 2.41 bits per heavy atom. The Labute approximate surface area is 170 Å². The third kappa shape index (κ3) is 3.86. The lowest BCUT2D eigenvalue weighted by atomic mass is 9.81. The minimum absolute atomic E-state index is 0.0471. The fourth-order valence-electron chi connectivity index (χ4n) is 4.26. The van der Waals surface area contributed by atoms with E-state index in [4.69, 9.17) is 4.42 Å². The van der Waals surface area contributed by atoms with E-state index < -0.39 is 10.0 Å². The van der Waals surface area contributed by atoms with E-state index >= 15 is 0 Å². The Morgan fingerprint density at radius 2 is 1.79 bits per heavy atom. The molecule has 1 saturated carbocycles. The zero-order valence-electron chi connectivity index (χ0n) is 16.3. The van der Waals surface area contributed by atoms with Crippen LogP contribution in [0.5, 0.6) is 0 Å². The molecule has 2 amide bonds. The average molecular weight is 416 g/mol. The predicted octanol–water partition coefficient (Wildman–Crippen LogP) is 2.74. The van der Waals surface area contributed by atoms with Crippen molar-refractivity contribution in [1.82, 2.24) is 9.62 Å². The molecule has 1 aliphatic heterocycles. The van der Waals surface area contributed by atoms with Crippen LogP contribution in [0.3, 0.4) is 0 Å². The summed E-state index contributed by atoms with van der Waals surface area (Å²) in [7, 11) is -3.77. The number of nitrogens with one attached hydrogen (secondary N) is 1. The Bertz CT molecular complexity index is 1010. The number of benzene rings is 1. The second-order valence-electron chi connectivity index (χ2n) is 7.76. The van der Waals surface area contributed by atoms with E-state index in [1.807, 2.05) is 0 Å². The maximum Gasteiger partial charge on any atom is 0.241 e. The number of sulfonamides is 1. The molecule has 154 valence electrons. The molecular weight excluding hydrogens is 392 g/mol. The van der Waals surface area contributed by atoms with Crippen LogP contribution in [-0.4, -0.2) is 25.1 Å². The molecule has 0 spiro atoms. The molecule has 2 aromatic rings. The summed E-state index contributed by atoms with van der Waals surface area (Å²) < 4.78 is 33.2. The van der Waals surface area contributed by atoms with Gasteiger partial charge in [0.2, 0.25) is 21.8 Å². The van der Waals surface area contributed by atoms with Gasteiger partial charge in [-0.2, -0.15) is 0 Å². The van der Waals surface area contributed by atoms with Crippen LogP contribution < -0.4 is 4.72 Å². The summed E-state index contributed by atoms with van der Waals surface area (Å²) in [6.45, 7) is 1.86. The zero-order valence-corrected chi connectivity index (χ0v) is 17.1. The monoisotopic (exact) mass is 416 g/mol. The van der Waals surface area contributed by atoms with Gasteiger partial charge in [-0.05, 0) is 49.1 Å². The average Bonchev–Trinajstić information content (AvgIpc) is 3.31. The smallest absolute Gasteiger partial charge is 0.241 e. The number of nitrogens with zero attached hydrogens (tertiary/aromatic N) is 1. The number of carbonyl (C=O) groups excluding carboxylic acids is 2. The van der Waals surface area contributed by atoms with Crippen molar-refractivity contribution < 1.29 is 22.4 Å². The van der Waals surface area contributed by atoms with Gasteiger partial charge in [0.15, 0.2) is 0 Å². The molecule has 1 aromatic carbocycles. The van der Waals surface area contributed by atoms with Gasteiger partial charge in [0.05, 0.1) is 36.1 Å². The SMILES string of the molecule is Cc1ccc(CN2C(=O)[C@H]3CCCC[C@H]3C2=O)cc1S(=O)(=O)NCc1ccco1. The highest BCUT2D eigenvalue weighted by Gasteiger charge is 2.47. The van der Waals surface area contributed by atoms with E-state index in [2.05, 4.69) is 4.72 Å². The number of hydrogen-bond donors (Lipinski definition) is 1. The van der Waals surface area contributed by atoms with Crippen LogP contribution in [0, 0.1) is 18.8 Å². The summed E-state index contributed by atoms with van der Waals surface area (Å²) >= 11 is 0. The van der Waals surface area contributed by atoms with Crippen molar-refractivity contribution >= 4 is 21.8 Å². The summed E-state index contributed by atoms with van der Waals surface area (Å²) in [5.41, 5.74) is 1.21. The molecule has 2 atom stereocenters. The quantitative estimate of drug-likeness (QED) is 0.731. The number of carbonyl (C=O) groups is 2. The molecule has 2 fully saturated rings. The largest absolute Gasteiger partial charge is 0.468 e. The highest BCUT2D eigenvalue weighted by molar-refractivity contribution is 7.89. The second kappa shape index (κ2) is 7.76. The molecule has 7 nitrogen and oxygen atoms in total. The number of imide groups is 1. The normalized spacial score (nSPS) is 22.2. The van der Waals surface area contributed by atoms with Gasteiger partial charge >= 0.3 is 0 Å². The number of amides is 2. The third-order valence-electron chi connectivity index (χ3n) is 5.83. The van der Waals surface area contributed by atoms with E-state index in [-0.39, 0.29) is 41.6 Å². The van der Waals surface area contributed by atoms with E-state index in [0.717, 1.165) is 25.7 Å². The number of hydrogen-bond acceptors (Lipinski definition) is 5. The molecule has 8 heteroatoms. The lowest BCUT2D eigenvalue weighted by Crippen LogP contribution is -2.30. The molecule has 0 unspecified atom stereocenters. The molecule has 29 heavy (non-hydrogen) atoms. The number of furan rings is 1. The van der Waals surface area contributed by atoms with Gasteiger partial charge in [0.1, 0.15) is 5.76 Å². The fourth-order valence-corrected chi connectivity index (χ4v) is 5.55. The van der Waals surface area contributed by atoms with Crippen LogP contribution in [0.4, 0.5) is 0 Å². The van der Waals surface area contributed by atoms with Gasteiger partial charge in [-0.3, -0.25) is 14.5 Å². The van der Waals surface area contributed by atoms with Crippen LogP contribution in [0.1, 0.15) is 42.6 Å². The van der Waals surface area contributed by atoms with Gasteiger partial charge in [-0.15, -0.1) is 0 Å². The van der Waals surface area contributed by atoms with Crippen molar-refractivity contribution in [2.45, 2.75) is 50.6 Å². The minimum atomic E-state index is -3.77. The third-order valence-corrected chi connectivity index (χ3v) is 7.37. The van der Waals surface area contributed by atoms with Crippen molar-refractivity contribution in [3.05, 3.63) is 53.5 Å². The molecule has 1 aromatic heterocycles. The molecule has 1 aliphatic carbocycles. The Morgan fingerprint density at radius 1 is 1.10 bits per heavy atom. The number of rotatable bonds is 6. The topological polar surface area (TPSA) is 96.7 Å². The Kier molecular flexibility index (Phi) is 5.31. The Balaban J connectivity index is 1.54. The van der Waals surface area contributed by atoms with E-state index in [0.29, 0.717) is 16.9 Å². The summed E-state index contributed by atoms with van der Waals surface area (Å²) in [6.07, 6.45) is 4.95.